The minimum Gasteiger partial charge on any atom is -0.350 e. The number of fused-ring (bicyclic) bond motifs is 1. The van der Waals surface area contributed by atoms with Crippen molar-refractivity contribution in [2.45, 2.75) is 24.3 Å². The van der Waals surface area contributed by atoms with Crippen LogP contribution in [-0.4, -0.2) is 43.8 Å². The summed E-state index contributed by atoms with van der Waals surface area (Å²) in [5.41, 5.74) is 3.52. The normalized spacial score (nSPS) is 12.7. The molecule has 0 unspecified atom stereocenters. The molecule has 0 radical (unpaired) electrons. The summed E-state index contributed by atoms with van der Waals surface area (Å²) in [7, 11) is -0.566. The zero-order chi connectivity index (χ0) is 24.3. The summed E-state index contributed by atoms with van der Waals surface area (Å²) < 4.78 is 28.4. The van der Waals surface area contributed by atoms with E-state index in [9.17, 15) is 13.2 Å². The molecule has 1 atom stereocenters. The van der Waals surface area contributed by atoms with Gasteiger partial charge in [0.15, 0.2) is 0 Å². The zero-order valence-corrected chi connectivity index (χ0v) is 20.4. The standard InChI is InChI=1S/C27H29N3O3S/c1-20(22-12-8-5-9-13-22)18-28-27(31)26-17-23-16-24(34(32,33)29(2)3)14-15-25(23)30(26)19-21-10-6-4-7-11-21/h4-17,20H,18-19H2,1-3H3,(H,28,31)/t20-/m1/s1. The van der Waals surface area contributed by atoms with Crippen molar-refractivity contribution < 1.29 is 13.2 Å². The van der Waals surface area contributed by atoms with Crippen molar-refractivity contribution in [3.63, 3.8) is 0 Å². The lowest BCUT2D eigenvalue weighted by Gasteiger charge is -2.15. The first kappa shape index (κ1) is 23.7. The van der Waals surface area contributed by atoms with Gasteiger partial charge in [0.2, 0.25) is 10.0 Å². The van der Waals surface area contributed by atoms with Crippen molar-refractivity contribution in [1.29, 1.82) is 0 Å². The van der Waals surface area contributed by atoms with E-state index in [0.29, 0.717) is 24.2 Å². The first-order chi connectivity index (χ1) is 16.3. The maximum Gasteiger partial charge on any atom is 0.267 e. The smallest absolute Gasteiger partial charge is 0.267 e. The minimum absolute atomic E-state index is 0.161. The Kier molecular flexibility index (Phi) is 6.86. The second-order valence-corrected chi connectivity index (χ2v) is 10.8. The fourth-order valence-electron chi connectivity index (χ4n) is 3.98. The van der Waals surface area contributed by atoms with E-state index in [1.807, 2.05) is 53.1 Å². The number of nitrogens with zero attached hydrogens (tertiary/aromatic N) is 2. The molecule has 6 nitrogen and oxygen atoms in total. The molecule has 0 fully saturated rings. The van der Waals surface area contributed by atoms with Crippen LogP contribution < -0.4 is 5.32 Å². The van der Waals surface area contributed by atoms with Crippen molar-refractivity contribution in [3.05, 3.63) is 102 Å². The van der Waals surface area contributed by atoms with Crippen molar-refractivity contribution in [3.8, 4) is 0 Å². The quantitative estimate of drug-likeness (QED) is 0.409. The van der Waals surface area contributed by atoms with Crippen molar-refractivity contribution in [1.82, 2.24) is 14.2 Å². The number of amides is 1. The van der Waals surface area contributed by atoms with E-state index in [2.05, 4.69) is 24.4 Å². The van der Waals surface area contributed by atoms with Crippen LogP contribution >= 0.6 is 0 Å². The largest absolute Gasteiger partial charge is 0.350 e. The van der Waals surface area contributed by atoms with Gasteiger partial charge < -0.3 is 9.88 Å². The Morgan fingerprint density at radius 2 is 1.59 bits per heavy atom. The number of hydrogen-bond donors (Lipinski definition) is 1. The van der Waals surface area contributed by atoms with E-state index in [4.69, 9.17) is 0 Å². The summed E-state index contributed by atoms with van der Waals surface area (Å²) in [6.45, 7) is 3.07. The molecular formula is C27H29N3O3S. The second kappa shape index (κ2) is 9.83. The van der Waals surface area contributed by atoms with Gasteiger partial charge in [-0.2, -0.15) is 0 Å². The Bertz CT molecular complexity index is 1400. The Balaban J connectivity index is 1.69. The molecule has 4 rings (SSSR count). The molecule has 0 saturated heterocycles. The lowest BCUT2D eigenvalue weighted by molar-refractivity contribution is 0.0943. The number of aromatic nitrogens is 1. The summed E-state index contributed by atoms with van der Waals surface area (Å²) in [5, 5.41) is 3.77. The van der Waals surface area contributed by atoms with Crippen LogP contribution in [0.1, 0.15) is 34.5 Å². The van der Waals surface area contributed by atoms with Gasteiger partial charge in [-0.1, -0.05) is 67.6 Å². The van der Waals surface area contributed by atoms with Crippen molar-refractivity contribution in [2.75, 3.05) is 20.6 Å². The lowest BCUT2D eigenvalue weighted by atomic mass is 10.0. The van der Waals surface area contributed by atoms with E-state index in [1.165, 1.54) is 18.4 Å². The highest BCUT2D eigenvalue weighted by atomic mass is 32.2. The summed E-state index contributed by atoms with van der Waals surface area (Å²) in [6.07, 6.45) is 0. The number of rotatable bonds is 8. The number of carbonyl (C=O) groups excluding carboxylic acids is 1. The van der Waals surface area contributed by atoms with Gasteiger partial charge in [0.25, 0.3) is 5.91 Å². The SMILES string of the molecule is C[C@H](CNC(=O)c1cc2cc(S(=O)(=O)N(C)C)ccc2n1Cc1ccccc1)c1ccccc1. The van der Waals surface area contributed by atoms with Crippen LogP contribution in [0.2, 0.25) is 0 Å². The fraction of sp³-hybridized carbons (Fsp3) is 0.222. The molecule has 1 amide bonds. The molecule has 1 N–H and O–H groups in total. The molecule has 0 spiro atoms. The highest BCUT2D eigenvalue weighted by Crippen LogP contribution is 2.26. The average Bonchev–Trinajstić information content (AvgIpc) is 3.21. The maximum atomic E-state index is 13.3. The van der Waals surface area contributed by atoms with Crippen LogP contribution in [0.3, 0.4) is 0 Å². The van der Waals surface area contributed by atoms with Crippen LogP contribution in [0.25, 0.3) is 10.9 Å². The van der Waals surface area contributed by atoms with E-state index in [-0.39, 0.29) is 16.7 Å². The molecule has 176 valence electrons. The van der Waals surface area contributed by atoms with Gasteiger partial charge in [0.05, 0.1) is 4.90 Å². The van der Waals surface area contributed by atoms with Crippen LogP contribution in [0.5, 0.6) is 0 Å². The fourth-order valence-corrected chi connectivity index (χ4v) is 4.92. The zero-order valence-electron chi connectivity index (χ0n) is 19.6. The monoisotopic (exact) mass is 475 g/mol. The third kappa shape index (κ3) is 4.90. The molecule has 1 aromatic heterocycles. The highest BCUT2D eigenvalue weighted by molar-refractivity contribution is 7.89. The first-order valence-electron chi connectivity index (χ1n) is 11.2. The molecule has 0 saturated carbocycles. The molecule has 0 bridgehead atoms. The molecule has 7 heteroatoms. The molecule has 4 aromatic rings. The Hall–Kier alpha value is -3.42. The van der Waals surface area contributed by atoms with Gasteiger partial charge in [-0.25, -0.2) is 12.7 Å². The number of carbonyl (C=O) groups is 1. The van der Waals surface area contributed by atoms with E-state index >= 15 is 0 Å². The third-order valence-corrected chi connectivity index (χ3v) is 7.82. The van der Waals surface area contributed by atoms with Gasteiger partial charge in [-0.05, 0) is 41.3 Å². The third-order valence-electron chi connectivity index (χ3n) is 6.00. The molecule has 1 heterocycles. The summed E-state index contributed by atoms with van der Waals surface area (Å²) >= 11 is 0. The summed E-state index contributed by atoms with van der Waals surface area (Å²) in [6, 6.07) is 26.7. The van der Waals surface area contributed by atoms with Crippen LogP contribution in [0, 0.1) is 0 Å². The highest BCUT2D eigenvalue weighted by Gasteiger charge is 2.21. The number of nitrogens with one attached hydrogen (secondary N) is 1. The predicted molar refractivity (Wildman–Crippen MR) is 136 cm³/mol. The van der Waals surface area contributed by atoms with Crippen molar-refractivity contribution >= 4 is 26.8 Å². The first-order valence-corrected chi connectivity index (χ1v) is 12.6. The minimum atomic E-state index is -3.58. The van der Waals surface area contributed by atoms with E-state index < -0.39 is 10.0 Å². The van der Waals surface area contributed by atoms with Gasteiger partial charge in [0, 0.05) is 38.1 Å². The average molecular weight is 476 g/mol. The van der Waals surface area contributed by atoms with Gasteiger partial charge in [0.1, 0.15) is 5.69 Å². The summed E-state index contributed by atoms with van der Waals surface area (Å²) in [4.78, 5) is 13.5. The van der Waals surface area contributed by atoms with Crippen LogP contribution in [-0.2, 0) is 16.6 Å². The molecule has 3 aromatic carbocycles. The summed E-state index contributed by atoms with van der Waals surface area (Å²) in [5.74, 6) is -0.0270. The molecular weight excluding hydrogens is 446 g/mol. The number of sulfonamides is 1. The molecule has 0 aliphatic heterocycles. The number of hydrogen-bond acceptors (Lipinski definition) is 3. The van der Waals surface area contributed by atoms with Gasteiger partial charge >= 0.3 is 0 Å². The molecule has 0 aliphatic rings. The topological polar surface area (TPSA) is 71.4 Å². The van der Waals surface area contributed by atoms with E-state index in [1.54, 1.807) is 24.3 Å². The van der Waals surface area contributed by atoms with Crippen LogP contribution in [0.4, 0.5) is 0 Å². The van der Waals surface area contributed by atoms with Gasteiger partial charge in [-0.15, -0.1) is 0 Å². The number of benzene rings is 3. The lowest BCUT2D eigenvalue weighted by Crippen LogP contribution is -2.29. The Morgan fingerprint density at radius 1 is 0.941 bits per heavy atom. The Labute approximate surface area is 200 Å². The second-order valence-electron chi connectivity index (χ2n) is 8.63. The molecule has 34 heavy (non-hydrogen) atoms. The predicted octanol–water partition coefficient (Wildman–Crippen LogP) is 4.47. The van der Waals surface area contributed by atoms with Crippen molar-refractivity contribution in [2.24, 2.45) is 0 Å². The Morgan fingerprint density at radius 3 is 2.24 bits per heavy atom. The van der Waals surface area contributed by atoms with E-state index in [0.717, 1.165) is 16.6 Å². The maximum absolute atomic E-state index is 13.3. The molecule has 0 aliphatic carbocycles. The van der Waals surface area contributed by atoms with Gasteiger partial charge in [-0.3, -0.25) is 4.79 Å². The van der Waals surface area contributed by atoms with Crippen LogP contribution in [0.15, 0.2) is 89.8 Å².